The molecule has 2 aliphatic rings. The predicted molar refractivity (Wildman–Crippen MR) is 57.2 cm³/mol. The maximum absolute atomic E-state index is 11.7. The number of aromatic amines is 1. The summed E-state index contributed by atoms with van der Waals surface area (Å²) in [5.74, 6) is 0. The SMILES string of the molecule is O=c1ccn([C@@H]2O[C@@H](CO)[C@H]3[O][V](=[O])([OH])([OH])[O][C@@H]32)c(=O)[nH]1. The Morgan fingerprint density at radius 2 is 1.95 bits per heavy atom. The van der Waals surface area contributed by atoms with Gasteiger partial charge in [0.1, 0.15) is 0 Å². The molecular weight excluding hydrogens is 331 g/mol. The molecule has 4 atom stereocenters. The van der Waals surface area contributed by atoms with E-state index in [4.69, 9.17) is 4.74 Å². The first-order valence-corrected chi connectivity index (χ1v) is 8.85. The zero-order valence-corrected chi connectivity index (χ0v) is 11.8. The summed E-state index contributed by atoms with van der Waals surface area (Å²) in [6.07, 6.45) is -3.73. The van der Waals surface area contributed by atoms with Crippen LogP contribution in [0.25, 0.3) is 0 Å². The van der Waals surface area contributed by atoms with Crippen LogP contribution >= 0.6 is 0 Å². The summed E-state index contributed by atoms with van der Waals surface area (Å²) in [7, 11) is 0. The van der Waals surface area contributed by atoms with Gasteiger partial charge in [0.05, 0.1) is 0 Å². The Hall–Kier alpha value is -1.18. The number of nitrogens with one attached hydrogen (secondary N) is 1. The molecule has 0 radical (unpaired) electrons. The van der Waals surface area contributed by atoms with Gasteiger partial charge >= 0.3 is 117 Å². The number of aliphatic hydroxyl groups is 1. The number of aromatic nitrogens is 2. The first-order valence-electron chi connectivity index (χ1n) is 5.89. The number of fused-ring (bicyclic) bond motifs is 1. The Kier molecular flexibility index (Phi) is 3.10. The Bertz CT molecular complexity index is 748. The number of hydrogen-bond donors (Lipinski definition) is 4. The van der Waals surface area contributed by atoms with E-state index < -0.39 is 56.6 Å². The molecule has 3 rings (SSSR count). The van der Waals surface area contributed by atoms with Gasteiger partial charge in [0.25, 0.3) is 0 Å². The molecular formula is C9H12N2O9V. The second-order valence-corrected chi connectivity index (χ2v) is 7.87. The summed E-state index contributed by atoms with van der Waals surface area (Å²) in [4.78, 5) is 24.7. The van der Waals surface area contributed by atoms with Crippen molar-refractivity contribution in [1.29, 1.82) is 0 Å². The van der Waals surface area contributed by atoms with Crippen molar-refractivity contribution in [2.45, 2.75) is 24.5 Å². The Labute approximate surface area is 117 Å². The molecule has 2 fully saturated rings. The van der Waals surface area contributed by atoms with E-state index in [1.54, 1.807) is 0 Å². The average Bonchev–Trinajstić information content (AvgIpc) is 2.79. The van der Waals surface area contributed by atoms with Gasteiger partial charge in [0, 0.05) is 0 Å². The molecule has 4 N–H and O–H groups in total. The molecule has 0 aliphatic carbocycles. The van der Waals surface area contributed by atoms with Crippen molar-refractivity contribution >= 4 is 0 Å². The Morgan fingerprint density at radius 1 is 1.29 bits per heavy atom. The van der Waals surface area contributed by atoms with E-state index >= 15 is 0 Å². The summed E-state index contributed by atoms with van der Waals surface area (Å²) >= 11 is -6.56. The fourth-order valence-electron chi connectivity index (χ4n) is 2.39. The number of H-pyrrole nitrogens is 1. The van der Waals surface area contributed by atoms with Crippen LogP contribution < -0.4 is 11.2 Å². The van der Waals surface area contributed by atoms with Crippen LogP contribution in [0.1, 0.15) is 6.23 Å². The minimum atomic E-state index is -6.56. The summed E-state index contributed by atoms with van der Waals surface area (Å²) < 4.78 is 46.0. The van der Waals surface area contributed by atoms with Crippen molar-refractivity contribution in [2.24, 2.45) is 0 Å². The van der Waals surface area contributed by atoms with E-state index in [0.717, 1.165) is 16.8 Å². The van der Waals surface area contributed by atoms with E-state index in [1.165, 1.54) is 0 Å². The van der Waals surface area contributed by atoms with Gasteiger partial charge in [0.2, 0.25) is 0 Å². The molecule has 12 heteroatoms. The molecule has 0 saturated carbocycles. The van der Waals surface area contributed by atoms with Crippen LogP contribution in [0.2, 0.25) is 0 Å². The zero-order valence-electron chi connectivity index (χ0n) is 10.4. The van der Waals surface area contributed by atoms with Crippen molar-refractivity contribution in [2.75, 3.05) is 6.61 Å². The van der Waals surface area contributed by atoms with Gasteiger partial charge in [-0.15, -0.1) is 0 Å². The van der Waals surface area contributed by atoms with Crippen LogP contribution in [-0.2, 0) is 30.0 Å². The molecule has 0 bridgehead atoms. The third-order valence-corrected chi connectivity index (χ3v) is 5.08. The number of aliphatic hydroxyl groups excluding tert-OH is 1. The molecule has 2 saturated heterocycles. The minimum absolute atomic E-state index is 0.584. The van der Waals surface area contributed by atoms with Crippen molar-refractivity contribution in [3.8, 4) is 0 Å². The third-order valence-electron chi connectivity index (χ3n) is 3.19. The molecule has 11 nitrogen and oxygen atoms in total. The average molecular weight is 343 g/mol. The quantitative estimate of drug-likeness (QED) is 0.436. The topological polar surface area (TPSA) is 160 Å². The normalized spacial score (nSPS) is 38.5. The molecule has 3 heterocycles. The summed E-state index contributed by atoms with van der Waals surface area (Å²) in [6.45, 7) is -0.584. The van der Waals surface area contributed by atoms with Crippen LogP contribution in [0, 0.1) is 0 Å². The van der Waals surface area contributed by atoms with Crippen molar-refractivity contribution in [3.63, 3.8) is 0 Å². The number of hydrogen-bond acceptors (Lipinski definition) is 7. The monoisotopic (exact) mass is 343 g/mol. The fraction of sp³-hybridized carbons (Fsp3) is 0.556. The van der Waals surface area contributed by atoms with Gasteiger partial charge in [-0.1, -0.05) is 0 Å². The molecule has 117 valence electrons. The fourth-order valence-corrected chi connectivity index (χ4v) is 4.52. The van der Waals surface area contributed by atoms with Crippen molar-refractivity contribution < 1.29 is 43.1 Å². The van der Waals surface area contributed by atoms with E-state index in [1.807, 2.05) is 4.98 Å². The van der Waals surface area contributed by atoms with Crippen LogP contribution in [0.15, 0.2) is 21.9 Å². The van der Waals surface area contributed by atoms with E-state index in [-0.39, 0.29) is 0 Å². The summed E-state index contributed by atoms with van der Waals surface area (Å²) in [6, 6.07) is 1.04. The molecule has 21 heavy (non-hydrogen) atoms. The molecule has 1 aromatic heterocycles. The summed E-state index contributed by atoms with van der Waals surface area (Å²) in [5, 5.41) is 9.19. The summed E-state index contributed by atoms with van der Waals surface area (Å²) in [5.41, 5.74) is -1.47. The molecule has 0 aromatic carbocycles. The predicted octanol–water partition coefficient (Wildman–Crippen LogP) is -3.11. The first-order chi connectivity index (χ1) is 9.68. The van der Waals surface area contributed by atoms with E-state index in [2.05, 4.69) is 7.32 Å². The first kappa shape index (κ1) is 14.7. The number of rotatable bonds is 2. The second kappa shape index (κ2) is 4.41. The second-order valence-electron chi connectivity index (χ2n) is 4.71. The Balaban J connectivity index is 2.03. The van der Waals surface area contributed by atoms with E-state index in [9.17, 15) is 26.4 Å². The molecule has 0 spiro atoms. The van der Waals surface area contributed by atoms with E-state index in [0.29, 0.717) is 0 Å². The molecule has 0 unspecified atom stereocenters. The van der Waals surface area contributed by atoms with Crippen molar-refractivity contribution in [3.05, 3.63) is 33.1 Å². The molecule has 1 aromatic rings. The van der Waals surface area contributed by atoms with Gasteiger partial charge in [-0.05, 0) is 0 Å². The van der Waals surface area contributed by atoms with Crippen LogP contribution in [0.3, 0.4) is 0 Å². The third kappa shape index (κ3) is 2.54. The molecule has 2 aliphatic heterocycles. The van der Waals surface area contributed by atoms with Crippen LogP contribution in [-0.4, -0.2) is 47.6 Å². The van der Waals surface area contributed by atoms with Crippen LogP contribution in [0.5, 0.6) is 0 Å². The van der Waals surface area contributed by atoms with Gasteiger partial charge < -0.3 is 0 Å². The van der Waals surface area contributed by atoms with Gasteiger partial charge in [0.15, 0.2) is 0 Å². The van der Waals surface area contributed by atoms with Gasteiger partial charge in [-0.25, -0.2) is 0 Å². The standard InChI is InChI=1S/C9H10N2O6.2H2O.O.V/c12-3-4-6(14)7(15)8(17-4)11-2-1-5(13)10-9(11)16;;;;/h1-2,4,6-8,12H,3H2,(H,10,13,16);2*1H2;;/q-2;;;;+4/p-2/t4-,6+,7-,8+;;;;/m0..../s1. The van der Waals surface area contributed by atoms with Crippen LogP contribution in [0.4, 0.5) is 0 Å². The Morgan fingerprint density at radius 3 is 2.57 bits per heavy atom. The number of ether oxygens (including phenoxy) is 1. The van der Waals surface area contributed by atoms with Gasteiger partial charge in [-0.2, -0.15) is 0 Å². The maximum atomic E-state index is 11.7. The van der Waals surface area contributed by atoms with Crippen molar-refractivity contribution in [1.82, 2.24) is 9.55 Å². The zero-order chi connectivity index (χ0) is 15.4. The van der Waals surface area contributed by atoms with Gasteiger partial charge in [-0.3, -0.25) is 0 Å². The molecule has 0 amide bonds. The number of nitrogens with zero attached hydrogens (tertiary/aromatic N) is 1.